The summed E-state index contributed by atoms with van der Waals surface area (Å²) in [5, 5.41) is 36.2. The number of nitrogens with one attached hydrogen (secondary N) is 3. The minimum atomic E-state index is -0.955. The van der Waals surface area contributed by atoms with Gasteiger partial charge in [-0.25, -0.2) is 19.9 Å². The summed E-state index contributed by atoms with van der Waals surface area (Å²) in [4.78, 5) is 52.5. The topological polar surface area (TPSA) is 236 Å². The molecule has 0 saturated heterocycles. The van der Waals surface area contributed by atoms with E-state index in [9.17, 15) is 9.59 Å². The molecule has 7 aromatic heterocycles. The molecule has 0 atom stereocenters. The third-order valence-electron chi connectivity index (χ3n) is 12.7. The predicted octanol–water partition coefficient (Wildman–Crippen LogP) is 5.75. The van der Waals surface area contributed by atoms with Crippen LogP contribution in [0.1, 0.15) is 33.6 Å². The number of carbonyl (C=O) groups excluding carboxylic acids is 1. The standard InChI is InChI=1S/C28H26N10O.C23H20N6O2/c39-26(37-10-7-24-25(16-37)34-36-33-24)17-38-15-23(27(35-38)18-5-8-29-9-6-18)21-13-30-28(31-14-21)32-22-11-19-3-1-2-4-20(19)12-22;30-21(31)14-29-13-20(22(28-29)15-5-7-24-8-6-15)18-11-25-23(26-12-18)27-19-9-16-3-1-2-4-17(16)10-19/h1-6,8-9,13-15,22H,7,10-12,16-17H2,(H,30,31,32)(H,33,34,36);1-8,11-13,19H,9-10,14H2,(H,30,31)(H,25,26,27). The van der Waals surface area contributed by atoms with Gasteiger partial charge in [-0.15, -0.1) is 0 Å². The van der Waals surface area contributed by atoms with Gasteiger partial charge in [0, 0.05) is 120 Å². The molecule has 0 saturated carbocycles. The number of aromatic amines is 1. The van der Waals surface area contributed by atoms with E-state index in [0.717, 1.165) is 76.1 Å². The molecular formula is C51H46N16O3. The van der Waals surface area contributed by atoms with Crippen molar-refractivity contribution < 1.29 is 14.7 Å². The quantitative estimate of drug-likeness (QED) is 0.114. The number of nitrogens with zero attached hydrogens (tertiary/aromatic N) is 13. The average Bonchev–Trinajstić information content (AvgIpc) is 4.25. The fraction of sp³-hybridized carbons (Fsp3) is 0.216. The Hall–Kier alpha value is -9.00. The summed E-state index contributed by atoms with van der Waals surface area (Å²) in [6, 6.07) is 25.0. The zero-order valence-electron chi connectivity index (χ0n) is 37.8. The highest BCUT2D eigenvalue weighted by Crippen LogP contribution is 2.33. The minimum absolute atomic E-state index is 0.0210. The highest BCUT2D eigenvalue weighted by Gasteiger charge is 2.26. The molecule has 0 unspecified atom stereocenters. The van der Waals surface area contributed by atoms with Crippen LogP contribution in [0.25, 0.3) is 44.8 Å². The Morgan fingerprint density at radius 2 is 1.03 bits per heavy atom. The summed E-state index contributed by atoms with van der Waals surface area (Å²) in [5.74, 6) is 0.197. The van der Waals surface area contributed by atoms with Gasteiger partial charge in [-0.2, -0.15) is 25.6 Å². The second-order valence-corrected chi connectivity index (χ2v) is 17.5. The molecule has 348 valence electrons. The Morgan fingerprint density at radius 1 is 0.586 bits per heavy atom. The maximum absolute atomic E-state index is 13.1. The second-order valence-electron chi connectivity index (χ2n) is 17.5. The number of aliphatic carboxylic acids is 1. The Kier molecular flexibility index (Phi) is 12.0. The van der Waals surface area contributed by atoms with Gasteiger partial charge in [0.2, 0.25) is 17.8 Å². The first-order chi connectivity index (χ1) is 34.3. The summed E-state index contributed by atoms with van der Waals surface area (Å²) >= 11 is 0. The van der Waals surface area contributed by atoms with Gasteiger partial charge < -0.3 is 20.6 Å². The van der Waals surface area contributed by atoms with Crippen LogP contribution in [0.4, 0.5) is 11.9 Å². The number of hydrogen-bond donors (Lipinski definition) is 4. The Balaban J connectivity index is 0.000000157. The van der Waals surface area contributed by atoms with Crippen LogP contribution in [0.3, 0.4) is 0 Å². The Morgan fingerprint density at radius 3 is 1.49 bits per heavy atom. The highest BCUT2D eigenvalue weighted by atomic mass is 16.4. The van der Waals surface area contributed by atoms with Crippen LogP contribution >= 0.6 is 0 Å². The lowest BCUT2D eigenvalue weighted by Gasteiger charge is -2.25. The van der Waals surface area contributed by atoms with E-state index in [0.29, 0.717) is 37.1 Å². The summed E-state index contributed by atoms with van der Waals surface area (Å²) in [5.41, 5.74) is 13.6. The van der Waals surface area contributed by atoms with E-state index in [1.165, 1.54) is 26.9 Å². The molecule has 0 radical (unpaired) electrons. The number of pyridine rings is 2. The molecule has 2 aromatic carbocycles. The summed E-state index contributed by atoms with van der Waals surface area (Å²) in [6.07, 6.45) is 22.0. The molecule has 9 aromatic rings. The van der Waals surface area contributed by atoms with E-state index < -0.39 is 5.97 Å². The number of benzene rings is 2. The van der Waals surface area contributed by atoms with E-state index in [1.54, 1.807) is 53.0 Å². The van der Waals surface area contributed by atoms with Crippen LogP contribution < -0.4 is 10.6 Å². The monoisotopic (exact) mass is 930 g/mol. The van der Waals surface area contributed by atoms with Crippen molar-refractivity contribution in [2.45, 2.75) is 63.8 Å². The number of hydrogen-bond acceptors (Lipinski definition) is 14. The van der Waals surface area contributed by atoms with Gasteiger partial charge in [-0.3, -0.25) is 28.9 Å². The van der Waals surface area contributed by atoms with Gasteiger partial charge in [-0.05, 0) is 72.2 Å². The van der Waals surface area contributed by atoms with Crippen molar-refractivity contribution in [3.8, 4) is 44.8 Å². The average molecular weight is 931 g/mol. The second kappa shape index (κ2) is 19.3. The van der Waals surface area contributed by atoms with Gasteiger partial charge in [0.15, 0.2) is 0 Å². The maximum Gasteiger partial charge on any atom is 0.325 e. The molecule has 12 rings (SSSR count). The first-order valence-corrected chi connectivity index (χ1v) is 23.0. The van der Waals surface area contributed by atoms with Crippen LogP contribution in [0.15, 0.2) is 135 Å². The van der Waals surface area contributed by atoms with Gasteiger partial charge >= 0.3 is 5.97 Å². The number of rotatable bonds is 12. The van der Waals surface area contributed by atoms with Crippen LogP contribution in [-0.2, 0) is 61.3 Å². The number of aromatic nitrogens is 13. The van der Waals surface area contributed by atoms with Gasteiger partial charge in [0.05, 0.1) is 12.2 Å². The third-order valence-corrected chi connectivity index (χ3v) is 12.7. The molecule has 0 fully saturated rings. The van der Waals surface area contributed by atoms with Crippen molar-refractivity contribution >= 4 is 23.8 Å². The molecular weight excluding hydrogens is 885 g/mol. The van der Waals surface area contributed by atoms with Crippen LogP contribution in [-0.4, -0.2) is 105 Å². The lowest BCUT2D eigenvalue weighted by Crippen LogP contribution is -2.38. The molecule has 4 N–H and O–H groups in total. The maximum atomic E-state index is 13.1. The van der Waals surface area contributed by atoms with E-state index in [1.807, 2.05) is 42.9 Å². The predicted molar refractivity (Wildman–Crippen MR) is 259 cm³/mol. The number of carboxylic acid groups (broad SMARTS) is 1. The Labute approximate surface area is 401 Å². The van der Waals surface area contributed by atoms with Crippen molar-refractivity contribution in [3.63, 3.8) is 0 Å². The zero-order valence-corrected chi connectivity index (χ0v) is 37.8. The number of fused-ring (bicyclic) bond motifs is 3. The van der Waals surface area contributed by atoms with Crippen LogP contribution in [0.5, 0.6) is 0 Å². The van der Waals surface area contributed by atoms with Gasteiger partial charge in [0.1, 0.15) is 30.2 Å². The van der Waals surface area contributed by atoms with E-state index in [-0.39, 0.29) is 31.1 Å². The smallest absolute Gasteiger partial charge is 0.325 e. The molecule has 70 heavy (non-hydrogen) atoms. The van der Waals surface area contributed by atoms with E-state index >= 15 is 0 Å². The zero-order chi connectivity index (χ0) is 47.4. The van der Waals surface area contributed by atoms with Crippen molar-refractivity contribution in [2.75, 3.05) is 17.2 Å². The van der Waals surface area contributed by atoms with Crippen LogP contribution in [0, 0.1) is 0 Å². The van der Waals surface area contributed by atoms with Crippen molar-refractivity contribution in [3.05, 3.63) is 168 Å². The first-order valence-electron chi connectivity index (χ1n) is 23.0. The summed E-state index contributed by atoms with van der Waals surface area (Å²) in [7, 11) is 0. The number of H-pyrrole nitrogens is 1. The minimum Gasteiger partial charge on any atom is -0.480 e. The Bertz CT molecular complexity index is 3230. The van der Waals surface area contributed by atoms with E-state index in [2.05, 4.69) is 110 Å². The normalized spacial score (nSPS) is 14.0. The third kappa shape index (κ3) is 9.57. The number of anilines is 2. The summed E-state index contributed by atoms with van der Waals surface area (Å²) < 4.78 is 3.10. The van der Waals surface area contributed by atoms with Crippen molar-refractivity contribution in [2.24, 2.45) is 0 Å². The first kappa shape index (κ1) is 43.6. The molecule has 0 bridgehead atoms. The molecule has 19 heteroatoms. The lowest BCUT2D eigenvalue weighted by molar-refractivity contribution is -0.138. The number of carbonyl (C=O) groups is 2. The SMILES string of the molecule is O=C(Cn1cc(-c2cnc(NC3Cc4ccccc4C3)nc2)c(-c2ccncc2)n1)N1CCc2n[nH]nc2C1.O=C(O)Cn1cc(-c2cnc(NC3Cc4ccccc4C3)nc2)c(-c2ccncc2)n1. The molecule has 8 heterocycles. The fourth-order valence-electron chi connectivity index (χ4n) is 9.34. The molecule has 1 aliphatic heterocycles. The number of carboxylic acids is 1. The highest BCUT2D eigenvalue weighted by molar-refractivity contribution is 5.82. The lowest BCUT2D eigenvalue weighted by atomic mass is 10.1. The molecule has 19 nitrogen and oxygen atoms in total. The van der Waals surface area contributed by atoms with Gasteiger partial charge in [0.25, 0.3) is 0 Å². The van der Waals surface area contributed by atoms with Crippen molar-refractivity contribution in [1.82, 2.24) is 69.8 Å². The van der Waals surface area contributed by atoms with Crippen molar-refractivity contribution in [1.29, 1.82) is 0 Å². The van der Waals surface area contributed by atoms with Crippen LogP contribution in [0.2, 0.25) is 0 Å². The summed E-state index contributed by atoms with van der Waals surface area (Å²) in [6.45, 7) is 0.956. The molecule has 0 spiro atoms. The molecule has 1 amide bonds. The number of amides is 1. The fourth-order valence-corrected chi connectivity index (χ4v) is 9.34. The largest absolute Gasteiger partial charge is 0.480 e. The van der Waals surface area contributed by atoms with E-state index in [4.69, 9.17) is 10.2 Å². The molecule has 3 aliphatic rings. The van der Waals surface area contributed by atoms with Gasteiger partial charge in [-0.1, -0.05) is 48.5 Å². The molecule has 2 aliphatic carbocycles.